The number of esters is 1. The molecule has 0 aliphatic carbocycles. The number of hydrogen-bond acceptors (Lipinski definition) is 5. The van der Waals surface area contributed by atoms with Crippen molar-refractivity contribution < 1.29 is 17.9 Å². The Morgan fingerprint density at radius 2 is 2.00 bits per heavy atom. The van der Waals surface area contributed by atoms with Crippen molar-refractivity contribution in [3.63, 3.8) is 0 Å². The van der Waals surface area contributed by atoms with E-state index in [2.05, 4.69) is 0 Å². The number of anilines is 1. The van der Waals surface area contributed by atoms with E-state index in [1.807, 2.05) is 6.92 Å². The third-order valence-electron chi connectivity index (χ3n) is 2.40. The van der Waals surface area contributed by atoms with Crippen LogP contribution in [0.5, 0.6) is 0 Å². The molecule has 1 aromatic carbocycles. The molecular formula is C12H17NO4S. The van der Waals surface area contributed by atoms with Gasteiger partial charge in [0.2, 0.25) is 0 Å². The number of sulfone groups is 1. The van der Waals surface area contributed by atoms with E-state index in [-0.39, 0.29) is 22.8 Å². The van der Waals surface area contributed by atoms with Crippen LogP contribution in [-0.2, 0) is 14.6 Å². The molecule has 2 N–H and O–H groups in total. The molecule has 0 atom stereocenters. The van der Waals surface area contributed by atoms with Crippen LogP contribution in [0.2, 0.25) is 0 Å². The van der Waals surface area contributed by atoms with Gasteiger partial charge in [-0.15, -0.1) is 0 Å². The van der Waals surface area contributed by atoms with Crippen molar-refractivity contribution in [1.29, 1.82) is 0 Å². The van der Waals surface area contributed by atoms with E-state index >= 15 is 0 Å². The quantitative estimate of drug-likeness (QED) is 0.663. The molecule has 5 nitrogen and oxygen atoms in total. The molecule has 6 heteroatoms. The highest BCUT2D eigenvalue weighted by atomic mass is 32.2. The number of nitrogen functional groups attached to an aromatic ring is 1. The van der Waals surface area contributed by atoms with Gasteiger partial charge >= 0.3 is 5.97 Å². The lowest BCUT2D eigenvalue weighted by Gasteiger charge is -2.10. The van der Waals surface area contributed by atoms with E-state index in [1.54, 1.807) is 6.92 Å². The van der Waals surface area contributed by atoms with Gasteiger partial charge in [0.1, 0.15) is 0 Å². The number of hydrogen-bond donors (Lipinski definition) is 1. The van der Waals surface area contributed by atoms with Gasteiger partial charge in [-0.3, -0.25) is 0 Å². The van der Waals surface area contributed by atoms with Crippen molar-refractivity contribution in [1.82, 2.24) is 0 Å². The molecule has 0 saturated heterocycles. The number of ether oxygens (including phenoxy) is 1. The molecule has 0 aromatic heterocycles. The largest absolute Gasteiger partial charge is 0.462 e. The monoisotopic (exact) mass is 271 g/mol. The summed E-state index contributed by atoms with van der Waals surface area (Å²) < 4.78 is 28.1. The van der Waals surface area contributed by atoms with Gasteiger partial charge in [-0.05, 0) is 31.0 Å². The van der Waals surface area contributed by atoms with E-state index in [9.17, 15) is 13.2 Å². The van der Waals surface area contributed by atoms with Gasteiger partial charge in [-0.2, -0.15) is 0 Å². The Kier molecular flexibility index (Phi) is 4.34. The van der Waals surface area contributed by atoms with Crippen LogP contribution in [0, 0.1) is 6.92 Å². The summed E-state index contributed by atoms with van der Waals surface area (Å²) in [6, 6.07) is 2.75. The van der Waals surface area contributed by atoms with Crippen molar-refractivity contribution in [3.05, 3.63) is 23.3 Å². The SMILES string of the molecule is CCCOC(=O)c1cc(S(C)(=O)=O)c(C)cc1N. The minimum absolute atomic E-state index is 0.0921. The molecular weight excluding hydrogens is 254 g/mol. The molecule has 0 saturated carbocycles. The van der Waals surface area contributed by atoms with E-state index < -0.39 is 15.8 Å². The second-order valence-corrected chi connectivity index (χ2v) is 6.10. The second kappa shape index (κ2) is 5.39. The second-order valence-electron chi connectivity index (χ2n) is 4.11. The lowest BCUT2D eigenvalue weighted by Crippen LogP contribution is -2.11. The highest BCUT2D eigenvalue weighted by Crippen LogP contribution is 2.23. The third kappa shape index (κ3) is 3.22. The lowest BCUT2D eigenvalue weighted by molar-refractivity contribution is 0.0506. The Hall–Kier alpha value is -1.56. The molecule has 0 amide bonds. The maximum Gasteiger partial charge on any atom is 0.340 e. The number of nitrogens with two attached hydrogens (primary N) is 1. The maximum absolute atomic E-state index is 11.7. The van der Waals surface area contributed by atoms with Crippen LogP contribution in [0.25, 0.3) is 0 Å². The van der Waals surface area contributed by atoms with Crippen LogP contribution in [0.1, 0.15) is 29.3 Å². The molecule has 18 heavy (non-hydrogen) atoms. The number of carbonyl (C=O) groups excluding carboxylic acids is 1. The summed E-state index contributed by atoms with van der Waals surface area (Å²) >= 11 is 0. The van der Waals surface area contributed by atoms with Gasteiger partial charge < -0.3 is 10.5 Å². The van der Waals surface area contributed by atoms with Crippen LogP contribution in [0.3, 0.4) is 0 Å². The summed E-state index contributed by atoms with van der Waals surface area (Å²) in [5.41, 5.74) is 6.54. The molecule has 1 aromatic rings. The number of benzene rings is 1. The zero-order valence-electron chi connectivity index (χ0n) is 10.7. The van der Waals surface area contributed by atoms with Crippen molar-refractivity contribution in [2.45, 2.75) is 25.2 Å². The van der Waals surface area contributed by atoms with Crippen molar-refractivity contribution in [2.24, 2.45) is 0 Å². The normalized spacial score (nSPS) is 11.3. The first-order valence-electron chi connectivity index (χ1n) is 5.54. The van der Waals surface area contributed by atoms with Crippen LogP contribution < -0.4 is 5.73 Å². The Bertz CT molecular complexity index is 564. The topological polar surface area (TPSA) is 86.5 Å². The fraction of sp³-hybridized carbons (Fsp3) is 0.417. The van der Waals surface area contributed by atoms with Gasteiger partial charge in [0.05, 0.1) is 17.1 Å². The van der Waals surface area contributed by atoms with Gasteiger partial charge in [0, 0.05) is 11.9 Å². The Morgan fingerprint density at radius 1 is 1.39 bits per heavy atom. The van der Waals surface area contributed by atoms with E-state index in [1.165, 1.54) is 12.1 Å². The molecule has 0 aliphatic rings. The Labute approximate surface area is 107 Å². The Morgan fingerprint density at radius 3 is 2.50 bits per heavy atom. The lowest BCUT2D eigenvalue weighted by atomic mass is 10.1. The highest BCUT2D eigenvalue weighted by molar-refractivity contribution is 7.90. The van der Waals surface area contributed by atoms with E-state index in [0.29, 0.717) is 12.0 Å². The zero-order valence-corrected chi connectivity index (χ0v) is 11.5. The van der Waals surface area contributed by atoms with Gasteiger partial charge in [-0.25, -0.2) is 13.2 Å². The summed E-state index contributed by atoms with van der Waals surface area (Å²) in [5.74, 6) is -0.598. The summed E-state index contributed by atoms with van der Waals surface area (Å²) in [6.45, 7) is 3.78. The molecule has 0 heterocycles. The van der Waals surface area contributed by atoms with Crippen LogP contribution in [0.15, 0.2) is 17.0 Å². The molecule has 0 bridgehead atoms. The summed E-state index contributed by atoms with van der Waals surface area (Å²) in [7, 11) is -3.39. The zero-order chi connectivity index (χ0) is 13.9. The number of aryl methyl sites for hydroxylation is 1. The first-order chi connectivity index (χ1) is 8.27. The molecule has 0 spiro atoms. The summed E-state index contributed by atoms with van der Waals surface area (Å²) in [6.07, 6.45) is 1.78. The van der Waals surface area contributed by atoms with Gasteiger partial charge in [-0.1, -0.05) is 6.92 Å². The molecule has 0 unspecified atom stereocenters. The Balaban J connectivity index is 3.26. The van der Waals surface area contributed by atoms with Gasteiger partial charge in [0.25, 0.3) is 0 Å². The smallest absolute Gasteiger partial charge is 0.340 e. The summed E-state index contributed by atoms with van der Waals surface area (Å²) in [5, 5.41) is 0. The van der Waals surface area contributed by atoms with E-state index in [4.69, 9.17) is 10.5 Å². The molecule has 100 valence electrons. The maximum atomic E-state index is 11.7. The predicted molar refractivity (Wildman–Crippen MR) is 69.3 cm³/mol. The fourth-order valence-corrected chi connectivity index (χ4v) is 2.53. The third-order valence-corrected chi connectivity index (χ3v) is 3.64. The average molecular weight is 271 g/mol. The standard InChI is InChI=1S/C12H17NO4S/c1-4-5-17-12(14)9-7-11(18(3,15)16)8(2)6-10(9)13/h6-7H,4-5,13H2,1-3H3. The fourth-order valence-electron chi connectivity index (χ4n) is 1.56. The number of rotatable bonds is 4. The van der Waals surface area contributed by atoms with Crippen LogP contribution in [-0.4, -0.2) is 27.2 Å². The van der Waals surface area contributed by atoms with Crippen LogP contribution >= 0.6 is 0 Å². The minimum Gasteiger partial charge on any atom is -0.462 e. The van der Waals surface area contributed by atoms with E-state index in [0.717, 1.165) is 6.26 Å². The molecule has 1 rings (SSSR count). The predicted octanol–water partition coefficient (Wildman–Crippen LogP) is 1.55. The summed E-state index contributed by atoms with van der Waals surface area (Å²) in [4.78, 5) is 11.8. The molecule has 0 radical (unpaired) electrons. The molecule has 0 aliphatic heterocycles. The number of carbonyl (C=O) groups is 1. The highest BCUT2D eigenvalue weighted by Gasteiger charge is 2.18. The molecule has 0 fully saturated rings. The first kappa shape index (κ1) is 14.5. The first-order valence-corrected chi connectivity index (χ1v) is 7.43. The van der Waals surface area contributed by atoms with Gasteiger partial charge in [0.15, 0.2) is 9.84 Å². The minimum atomic E-state index is -3.39. The average Bonchev–Trinajstić information content (AvgIpc) is 2.24. The van der Waals surface area contributed by atoms with Crippen molar-refractivity contribution >= 4 is 21.5 Å². The van der Waals surface area contributed by atoms with Crippen molar-refractivity contribution in [2.75, 3.05) is 18.6 Å². The van der Waals surface area contributed by atoms with Crippen molar-refractivity contribution in [3.8, 4) is 0 Å². The van der Waals surface area contributed by atoms with Crippen LogP contribution in [0.4, 0.5) is 5.69 Å².